The van der Waals surface area contributed by atoms with Crippen molar-refractivity contribution in [1.29, 1.82) is 0 Å². The third kappa shape index (κ3) is 3.42. The van der Waals surface area contributed by atoms with E-state index in [-0.39, 0.29) is 24.1 Å². The third-order valence-corrected chi connectivity index (χ3v) is 3.50. The highest BCUT2D eigenvalue weighted by atomic mass is 32.1. The lowest BCUT2D eigenvalue weighted by molar-refractivity contribution is -0.115. The first-order valence-corrected chi connectivity index (χ1v) is 6.82. The second-order valence-corrected chi connectivity index (χ2v) is 5.01. The van der Waals surface area contributed by atoms with Crippen LogP contribution in [0.4, 0.5) is 9.39 Å². The van der Waals surface area contributed by atoms with Gasteiger partial charge in [0.25, 0.3) is 5.91 Å². The Morgan fingerprint density at radius 2 is 1.90 bits per heavy atom. The topological polar surface area (TPSA) is 58.2 Å². The molecule has 0 fully saturated rings. The molecule has 1 aromatic carbocycles. The van der Waals surface area contributed by atoms with Crippen molar-refractivity contribution in [3.05, 3.63) is 52.7 Å². The number of rotatable bonds is 4. The van der Waals surface area contributed by atoms with Gasteiger partial charge in [0.1, 0.15) is 10.8 Å². The first-order valence-electron chi connectivity index (χ1n) is 5.94. The minimum absolute atomic E-state index is 0.130. The molecule has 0 spiro atoms. The number of carbonyl (C=O) groups is 2. The lowest BCUT2D eigenvalue weighted by Gasteiger charge is -2.05. The Morgan fingerprint density at radius 1 is 1.20 bits per heavy atom. The molecule has 2 rings (SSSR count). The summed E-state index contributed by atoms with van der Waals surface area (Å²) in [5.41, 5.74) is 1.15. The van der Waals surface area contributed by atoms with Crippen molar-refractivity contribution in [1.82, 2.24) is 5.32 Å². The normalized spacial score (nSPS) is 10.1. The van der Waals surface area contributed by atoms with Gasteiger partial charge in [-0.1, -0.05) is 12.1 Å². The van der Waals surface area contributed by atoms with Crippen molar-refractivity contribution >= 4 is 28.2 Å². The fraction of sp³-hybridized carbons (Fsp3) is 0.143. The summed E-state index contributed by atoms with van der Waals surface area (Å²) in [5.74, 6) is -0.832. The molecule has 2 aromatic rings. The van der Waals surface area contributed by atoms with Crippen molar-refractivity contribution in [2.24, 2.45) is 0 Å². The Bertz CT molecular complexity index is 622. The maximum atomic E-state index is 12.8. The molecule has 4 nitrogen and oxygen atoms in total. The van der Waals surface area contributed by atoms with E-state index in [0.29, 0.717) is 16.1 Å². The smallest absolute Gasteiger partial charge is 0.254 e. The van der Waals surface area contributed by atoms with Gasteiger partial charge in [-0.05, 0) is 29.1 Å². The fourth-order valence-electron chi connectivity index (χ4n) is 1.68. The predicted molar refractivity (Wildman–Crippen MR) is 76.4 cm³/mol. The van der Waals surface area contributed by atoms with Crippen molar-refractivity contribution in [2.45, 2.75) is 6.42 Å². The molecule has 0 aliphatic heterocycles. The summed E-state index contributed by atoms with van der Waals surface area (Å²) < 4.78 is 12.8. The zero-order chi connectivity index (χ0) is 14.5. The lowest BCUT2D eigenvalue weighted by Crippen LogP contribution is -2.20. The van der Waals surface area contributed by atoms with E-state index in [1.54, 1.807) is 23.6 Å². The minimum Gasteiger partial charge on any atom is -0.355 e. The van der Waals surface area contributed by atoms with Crippen LogP contribution in [0.5, 0.6) is 0 Å². The van der Waals surface area contributed by atoms with Crippen molar-refractivity contribution in [3.63, 3.8) is 0 Å². The lowest BCUT2D eigenvalue weighted by atomic mass is 10.1. The van der Waals surface area contributed by atoms with E-state index in [2.05, 4.69) is 10.6 Å². The van der Waals surface area contributed by atoms with Crippen LogP contribution in [-0.4, -0.2) is 18.9 Å². The number of thiophene rings is 1. The van der Waals surface area contributed by atoms with Gasteiger partial charge >= 0.3 is 0 Å². The average Bonchev–Trinajstić information content (AvgIpc) is 2.88. The van der Waals surface area contributed by atoms with E-state index in [9.17, 15) is 14.0 Å². The van der Waals surface area contributed by atoms with Gasteiger partial charge in [-0.15, -0.1) is 11.3 Å². The van der Waals surface area contributed by atoms with Crippen LogP contribution in [0.25, 0.3) is 0 Å². The van der Waals surface area contributed by atoms with Crippen LogP contribution >= 0.6 is 11.3 Å². The number of anilines is 1. The Hall–Kier alpha value is -2.21. The number of halogens is 1. The first kappa shape index (κ1) is 14.2. The van der Waals surface area contributed by atoms with Crippen molar-refractivity contribution in [3.8, 4) is 0 Å². The molecule has 0 bridgehead atoms. The van der Waals surface area contributed by atoms with Crippen LogP contribution in [0.15, 0.2) is 35.7 Å². The van der Waals surface area contributed by atoms with Crippen molar-refractivity contribution in [2.75, 3.05) is 12.4 Å². The first-order chi connectivity index (χ1) is 9.60. The van der Waals surface area contributed by atoms with E-state index in [1.807, 2.05) is 0 Å². The maximum Gasteiger partial charge on any atom is 0.254 e. The predicted octanol–water partition coefficient (Wildman–Crippen LogP) is 2.43. The highest BCUT2D eigenvalue weighted by Crippen LogP contribution is 2.23. The summed E-state index contributed by atoms with van der Waals surface area (Å²) in [6, 6.07) is 7.39. The van der Waals surface area contributed by atoms with Crippen LogP contribution in [0.1, 0.15) is 15.9 Å². The Kier molecular flexibility index (Phi) is 4.47. The number of hydrogen-bond donors (Lipinski definition) is 2. The highest BCUT2D eigenvalue weighted by Gasteiger charge is 2.13. The molecule has 6 heteroatoms. The summed E-state index contributed by atoms with van der Waals surface area (Å²) >= 11 is 1.28. The van der Waals surface area contributed by atoms with Gasteiger partial charge in [-0.3, -0.25) is 9.59 Å². The van der Waals surface area contributed by atoms with Gasteiger partial charge in [-0.2, -0.15) is 0 Å². The Morgan fingerprint density at radius 3 is 2.55 bits per heavy atom. The second kappa shape index (κ2) is 6.29. The van der Waals surface area contributed by atoms with Gasteiger partial charge in [0.05, 0.1) is 12.0 Å². The van der Waals surface area contributed by atoms with Gasteiger partial charge in [0, 0.05) is 7.05 Å². The molecule has 1 heterocycles. The molecule has 1 aromatic heterocycles. The molecule has 0 aliphatic rings. The number of amides is 2. The highest BCUT2D eigenvalue weighted by molar-refractivity contribution is 7.14. The molecule has 0 radical (unpaired) electrons. The van der Waals surface area contributed by atoms with Gasteiger partial charge < -0.3 is 10.6 Å². The monoisotopic (exact) mass is 292 g/mol. The largest absolute Gasteiger partial charge is 0.355 e. The van der Waals surface area contributed by atoms with E-state index in [0.717, 1.165) is 0 Å². The SMILES string of the molecule is CNC(=O)c1ccsc1NC(=O)Cc1ccc(F)cc1. The minimum atomic E-state index is -0.339. The quantitative estimate of drug-likeness (QED) is 0.909. The molecule has 2 N–H and O–H groups in total. The van der Waals surface area contributed by atoms with Crippen LogP contribution in [-0.2, 0) is 11.2 Å². The van der Waals surface area contributed by atoms with Crippen LogP contribution in [0.2, 0.25) is 0 Å². The van der Waals surface area contributed by atoms with Gasteiger partial charge in [0.15, 0.2) is 0 Å². The van der Waals surface area contributed by atoms with E-state index in [1.165, 1.54) is 30.5 Å². The summed E-state index contributed by atoms with van der Waals surface area (Å²) in [7, 11) is 1.53. The second-order valence-electron chi connectivity index (χ2n) is 4.09. The van der Waals surface area contributed by atoms with Crippen LogP contribution < -0.4 is 10.6 Å². The fourth-order valence-corrected chi connectivity index (χ4v) is 2.48. The van der Waals surface area contributed by atoms with Crippen LogP contribution in [0.3, 0.4) is 0 Å². The third-order valence-electron chi connectivity index (χ3n) is 2.67. The molecule has 20 heavy (non-hydrogen) atoms. The summed E-state index contributed by atoms with van der Waals surface area (Å²) in [4.78, 5) is 23.5. The number of hydrogen-bond acceptors (Lipinski definition) is 3. The molecular weight excluding hydrogens is 279 g/mol. The number of carbonyl (C=O) groups excluding carboxylic acids is 2. The molecule has 0 aliphatic carbocycles. The van der Waals surface area contributed by atoms with Gasteiger partial charge in [0.2, 0.25) is 5.91 Å². The molecule has 0 unspecified atom stereocenters. The molecule has 2 amide bonds. The Balaban J connectivity index is 2.03. The average molecular weight is 292 g/mol. The number of nitrogens with one attached hydrogen (secondary N) is 2. The number of benzene rings is 1. The molecule has 0 saturated carbocycles. The Labute approximate surface area is 119 Å². The van der Waals surface area contributed by atoms with Crippen molar-refractivity contribution < 1.29 is 14.0 Å². The molecule has 104 valence electrons. The summed E-state index contributed by atoms with van der Waals surface area (Å²) in [6.45, 7) is 0. The maximum absolute atomic E-state index is 12.8. The zero-order valence-corrected chi connectivity index (χ0v) is 11.6. The molecular formula is C14H13FN2O2S. The van der Waals surface area contributed by atoms with Gasteiger partial charge in [-0.25, -0.2) is 4.39 Å². The zero-order valence-electron chi connectivity index (χ0n) is 10.8. The molecule has 0 atom stereocenters. The van der Waals surface area contributed by atoms with E-state index in [4.69, 9.17) is 0 Å². The van der Waals surface area contributed by atoms with E-state index < -0.39 is 0 Å². The standard InChI is InChI=1S/C14H13FN2O2S/c1-16-13(19)11-6-7-20-14(11)17-12(18)8-9-2-4-10(15)5-3-9/h2-7H,8H2,1H3,(H,16,19)(H,17,18). The summed E-state index contributed by atoms with van der Waals surface area (Å²) in [5, 5.41) is 7.45. The molecule has 0 saturated heterocycles. The van der Waals surface area contributed by atoms with Crippen LogP contribution in [0, 0.1) is 5.82 Å². The summed E-state index contributed by atoms with van der Waals surface area (Å²) in [6.07, 6.45) is 0.130. The van der Waals surface area contributed by atoms with E-state index >= 15 is 0 Å².